The number of nitrogens with zero attached hydrogens (tertiary/aromatic N) is 2. The predicted molar refractivity (Wildman–Crippen MR) is 85.6 cm³/mol. The predicted octanol–water partition coefficient (Wildman–Crippen LogP) is 3.35. The first-order valence-corrected chi connectivity index (χ1v) is 7.98. The molecule has 118 valence electrons. The summed E-state index contributed by atoms with van der Waals surface area (Å²) in [6.07, 6.45) is 8.71. The number of benzene rings is 1. The van der Waals surface area contributed by atoms with E-state index in [0.29, 0.717) is 13.2 Å². The maximum absolute atomic E-state index is 6.11. The van der Waals surface area contributed by atoms with Gasteiger partial charge in [0.15, 0.2) is 5.79 Å². The summed E-state index contributed by atoms with van der Waals surface area (Å²) in [4.78, 5) is 4.10. The zero-order valence-corrected chi connectivity index (χ0v) is 13.4. The molecule has 0 aliphatic carbocycles. The number of aryl methyl sites for hydroxylation is 2. The Morgan fingerprint density at radius 3 is 2.77 bits per heavy atom. The average molecular weight is 300 g/mol. The fourth-order valence-corrected chi connectivity index (χ4v) is 2.97. The highest BCUT2D eigenvalue weighted by Crippen LogP contribution is 2.31. The van der Waals surface area contributed by atoms with E-state index in [1.54, 1.807) is 6.20 Å². The summed E-state index contributed by atoms with van der Waals surface area (Å²) < 4.78 is 14.2. The lowest BCUT2D eigenvalue weighted by Gasteiger charge is -2.28. The molecule has 0 spiro atoms. The van der Waals surface area contributed by atoms with Crippen molar-refractivity contribution in [2.24, 2.45) is 0 Å². The van der Waals surface area contributed by atoms with Crippen LogP contribution in [0, 0.1) is 6.92 Å². The van der Waals surface area contributed by atoms with E-state index in [9.17, 15) is 0 Å². The van der Waals surface area contributed by atoms with Crippen molar-refractivity contribution >= 4 is 0 Å². The Labute approximate surface area is 132 Å². The van der Waals surface area contributed by atoms with Crippen molar-refractivity contribution < 1.29 is 9.47 Å². The first-order valence-electron chi connectivity index (χ1n) is 7.98. The summed E-state index contributed by atoms with van der Waals surface area (Å²) in [6, 6.07) is 8.75. The van der Waals surface area contributed by atoms with Gasteiger partial charge in [0.05, 0.1) is 25.6 Å². The minimum atomic E-state index is -0.509. The molecule has 4 heteroatoms. The van der Waals surface area contributed by atoms with E-state index in [2.05, 4.69) is 43.1 Å². The molecule has 0 bridgehead atoms. The maximum atomic E-state index is 6.11. The van der Waals surface area contributed by atoms with E-state index < -0.39 is 5.79 Å². The van der Waals surface area contributed by atoms with E-state index in [0.717, 1.165) is 19.3 Å². The van der Waals surface area contributed by atoms with Crippen molar-refractivity contribution in [1.82, 2.24) is 9.55 Å². The summed E-state index contributed by atoms with van der Waals surface area (Å²) >= 11 is 0. The third kappa shape index (κ3) is 3.76. The molecule has 1 aliphatic rings. The summed E-state index contributed by atoms with van der Waals surface area (Å²) in [5.41, 5.74) is 2.67. The van der Waals surface area contributed by atoms with Crippen molar-refractivity contribution in [2.45, 2.75) is 51.5 Å². The molecule has 2 unspecified atom stereocenters. The van der Waals surface area contributed by atoms with Crippen molar-refractivity contribution in [3.8, 4) is 0 Å². The first-order chi connectivity index (χ1) is 10.7. The fraction of sp³-hybridized carbons (Fsp3) is 0.500. The Morgan fingerprint density at radius 2 is 2.14 bits per heavy atom. The number of hydrogen-bond donors (Lipinski definition) is 0. The Hall–Kier alpha value is -1.65. The van der Waals surface area contributed by atoms with Crippen LogP contribution in [0.1, 0.15) is 30.9 Å². The van der Waals surface area contributed by atoms with Gasteiger partial charge in [-0.25, -0.2) is 4.98 Å². The largest absolute Gasteiger partial charge is 0.345 e. The van der Waals surface area contributed by atoms with E-state index in [1.807, 2.05) is 17.1 Å². The summed E-state index contributed by atoms with van der Waals surface area (Å²) in [5.74, 6) is -0.509. The third-order valence-corrected chi connectivity index (χ3v) is 4.12. The number of rotatable bonds is 6. The lowest BCUT2D eigenvalue weighted by atomic mass is 10.0. The molecule has 0 N–H and O–H groups in total. The number of hydrogen-bond acceptors (Lipinski definition) is 3. The SMILES string of the molecule is Cc1ccc(CCCC2(Cn3ccnc3)OCC(C)O2)cc1. The van der Waals surface area contributed by atoms with Crippen LogP contribution in [0.15, 0.2) is 43.0 Å². The van der Waals surface area contributed by atoms with Crippen LogP contribution in [0.2, 0.25) is 0 Å². The van der Waals surface area contributed by atoms with Gasteiger partial charge in [0.1, 0.15) is 0 Å². The van der Waals surface area contributed by atoms with Gasteiger partial charge < -0.3 is 14.0 Å². The lowest BCUT2D eigenvalue weighted by Crippen LogP contribution is -2.36. The normalized spacial score (nSPS) is 24.7. The van der Waals surface area contributed by atoms with Gasteiger partial charge in [0.2, 0.25) is 0 Å². The van der Waals surface area contributed by atoms with Gasteiger partial charge >= 0.3 is 0 Å². The van der Waals surface area contributed by atoms with Crippen LogP contribution < -0.4 is 0 Å². The van der Waals surface area contributed by atoms with Crippen LogP contribution in [-0.4, -0.2) is 28.0 Å². The molecule has 1 aliphatic heterocycles. The van der Waals surface area contributed by atoms with Crippen LogP contribution in [0.5, 0.6) is 0 Å². The summed E-state index contributed by atoms with van der Waals surface area (Å²) in [6.45, 7) is 5.55. The van der Waals surface area contributed by atoms with Crippen molar-refractivity contribution in [2.75, 3.05) is 6.61 Å². The Morgan fingerprint density at radius 1 is 1.32 bits per heavy atom. The molecule has 0 radical (unpaired) electrons. The lowest BCUT2D eigenvalue weighted by molar-refractivity contribution is -0.181. The van der Waals surface area contributed by atoms with Gasteiger partial charge in [-0.05, 0) is 32.3 Å². The minimum absolute atomic E-state index is 0.155. The van der Waals surface area contributed by atoms with Crippen molar-refractivity contribution in [3.05, 3.63) is 54.1 Å². The molecule has 0 amide bonds. The maximum Gasteiger partial charge on any atom is 0.186 e. The number of aromatic nitrogens is 2. The van der Waals surface area contributed by atoms with Crippen molar-refractivity contribution in [3.63, 3.8) is 0 Å². The van der Waals surface area contributed by atoms with E-state index in [1.165, 1.54) is 11.1 Å². The van der Waals surface area contributed by atoms with Gasteiger partial charge in [-0.3, -0.25) is 0 Å². The third-order valence-electron chi connectivity index (χ3n) is 4.12. The second kappa shape index (κ2) is 6.63. The van der Waals surface area contributed by atoms with Crippen LogP contribution in [0.3, 0.4) is 0 Å². The van der Waals surface area contributed by atoms with Gasteiger partial charge in [-0.2, -0.15) is 0 Å². The van der Waals surface area contributed by atoms with Crippen LogP contribution >= 0.6 is 0 Å². The second-order valence-corrected chi connectivity index (χ2v) is 6.22. The fourth-order valence-electron chi connectivity index (χ4n) is 2.97. The number of ether oxygens (including phenoxy) is 2. The highest BCUT2D eigenvalue weighted by molar-refractivity contribution is 5.21. The molecule has 2 atom stereocenters. The second-order valence-electron chi connectivity index (χ2n) is 6.22. The van der Waals surface area contributed by atoms with Crippen molar-refractivity contribution in [1.29, 1.82) is 0 Å². The summed E-state index contributed by atoms with van der Waals surface area (Å²) in [5, 5.41) is 0. The molecular formula is C18H24N2O2. The Balaban J connectivity index is 1.59. The van der Waals surface area contributed by atoms with Crippen LogP contribution in [0.4, 0.5) is 0 Å². The molecule has 4 nitrogen and oxygen atoms in total. The standard InChI is InChI=1S/C18H24N2O2/c1-15-5-7-17(8-6-15)4-3-9-18(21-12-16(2)22-18)13-20-11-10-19-14-20/h5-8,10-11,14,16H,3-4,9,12-13H2,1-2H3. The van der Waals surface area contributed by atoms with E-state index in [4.69, 9.17) is 9.47 Å². The van der Waals surface area contributed by atoms with E-state index in [-0.39, 0.29) is 6.10 Å². The highest BCUT2D eigenvalue weighted by atomic mass is 16.7. The first kappa shape index (κ1) is 15.3. The quantitative estimate of drug-likeness (QED) is 0.821. The van der Waals surface area contributed by atoms with Crippen LogP contribution in [0.25, 0.3) is 0 Å². The van der Waals surface area contributed by atoms with Gasteiger partial charge in [0.25, 0.3) is 0 Å². The smallest absolute Gasteiger partial charge is 0.186 e. The molecule has 0 saturated carbocycles. The molecular weight excluding hydrogens is 276 g/mol. The number of imidazole rings is 1. The Kier molecular flexibility index (Phi) is 4.60. The summed E-state index contributed by atoms with van der Waals surface area (Å²) in [7, 11) is 0. The van der Waals surface area contributed by atoms with Gasteiger partial charge in [-0.1, -0.05) is 29.8 Å². The molecule has 1 aromatic heterocycles. The zero-order chi connectivity index (χ0) is 15.4. The molecule has 1 aromatic carbocycles. The Bertz CT molecular complexity index is 580. The molecule has 3 rings (SSSR count). The van der Waals surface area contributed by atoms with E-state index >= 15 is 0 Å². The molecule has 1 fully saturated rings. The molecule has 22 heavy (non-hydrogen) atoms. The molecule has 1 saturated heterocycles. The average Bonchev–Trinajstić information content (AvgIpc) is 3.12. The minimum Gasteiger partial charge on any atom is -0.345 e. The molecule has 2 heterocycles. The van der Waals surface area contributed by atoms with Gasteiger partial charge in [-0.15, -0.1) is 0 Å². The molecule has 2 aromatic rings. The topological polar surface area (TPSA) is 36.3 Å². The van der Waals surface area contributed by atoms with Gasteiger partial charge in [0, 0.05) is 18.8 Å². The van der Waals surface area contributed by atoms with Crippen LogP contribution in [-0.2, 0) is 22.4 Å². The monoisotopic (exact) mass is 300 g/mol. The highest BCUT2D eigenvalue weighted by Gasteiger charge is 2.39. The zero-order valence-electron chi connectivity index (χ0n) is 13.4.